The second-order valence-electron chi connectivity index (χ2n) is 5.20. The predicted molar refractivity (Wildman–Crippen MR) is 93.7 cm³/mol. The van der Waals surface area contributed by atoms with Crippen LogP contribution in [-0.4, -0.2) is 16.0 Å². The predicted octanol–water partition coefficient (Wildman–Crippen LogP) is 3.71. The van der Waals surface area contributed by atoms with Crippen molar-refractivity contribution in [3.63, 3.8) is 0 Å². The van der Waals surface area contributed by atoms with Gasteiger partial charge in [0.05, 0.1) is 15.6 Å². The van der Waals surface area contributed by atoms with Gasteiger partial charge in [0.1, 0.15) is 5.75 Å². The molecule has 0 bridgehead atoms. The molecule has 0 fully saturated rings. The molecule has 0 saturated heterocycles. The molecule has 2 heterocycles. The van der Waals surface area contributed by atoms with E-state index in [1.807, 2.05) is 24.3 Å². The lowest BCUT2D eigenvalue weighted by Gasteiger charge is -2.05. The minimum absolute atomic E-state index is 0.0233. The Bertz CT molecular complexity index is 1200. The van der Waals surface area contributed by atoms with Crippen molar-refractivity contribution in [2.45, 2.75) is 6.61 Å². The van der Waals surface area contributed by atoms with Crippen molar-refractivity contribution in [3.05, 3.63) is 67.9 Å². The van der Waals surface area contributed by atoms with Crippen LogP contribution in [0, 0.1) is 0 Å². The highest BCUT2D eigenvalue weighted by Gasteiger charge is 2.11. The highest BCUT2D eigenvalue weighted by molar-refractivity contribution is 7.15. The molecule has 0 unspecified atom stereocenters. The Labute approximate surface area is 148 Å². The number of hydrogen-bond acceptors (Lipinski definition) is 4. The summed E-state index contributed by atoms with van der Waals surface area (Å²) in [5.41, 5.74) is 1.65. The van der Waals surface area contributed by atoms with Crippen molar-refractivity contribution < 1.29 is 13.5 Å². The number of imidazole rings is 1. The van der Waals surface area contributed by atoms with Gasteiger partial charge in [0.15, 0.2) is 4.96 Å². The first kappa shape index (κ1) is 16.0. The lowest BCUT2D eigenvalue weighted by molar-refractivity contribution is -0.0498. The Hall–Kier alpha value is -2.51. The zero-order chi connectivity index (χ0) is 17.6. The van der Waals surface area contributed by atoms with Crippen LogP contribution >= 0.6 is 22.9 Å². The Morgan fingerprint density at radius 3 is 2.84 bits per heavy atom. The van der Waals surface area contributed by atoms with E-state index in [0.717, 1.165) is 11.0 Å². The number of aromatic nitrogens is 2. The van der Waals surface area contributed by atoms with Crippen LogP contribution in [0.2, 0.25) is 5.02 Å². The van der Waals surface area contributed by atoms with Gasteiger partial charge in [-0.05, 0) is 42.0 Å². The van der Waals surface area contributed by atoms with Crippen LogP contribution in [0.1, 0.15) is 5.56 Å². The van der Waals surface area contributed by atoms with Gasteiger partial charge in [0.2, 0.25) is 0 Å². The molecular weight excluding hydrogens is 370 g/mol. The second-order valence-corrected chi connectivity index (χ2v) is 6.61. The molecule has 0 atom stereocenters. The molecule has 0 aliphatic carbocycles. The Morgan fingerprint density at radius 1 is 1.24 bits per heavy atom. The standard InChI is InChI=1S/C17H9ClF2N2O2S/c18-11-6-5-10(24-16(19)20)7-9(11)8-14-15(23)22-13-4-2-1-3-12(13)21-17(22)25-14/h1-8,16H/b14-8-. The number of halogens is 3. The van der Waals surface area contributed by atoms with Gasteiger partial charge in [-0.1, -0.05) is 35.1 Å². The molecule has 2 aromatic carbocycles. The molecular formula is C17H9ClF2N2O2S. The molecule has 2 aromatic heterocycles. The summed E-state index contributed by atoms with van der Waals surface area (Å²) in [4.78, 5) is 17.7. The molecule has 0 aliphatic heterocycles. The smallest absolute Gasteiger partial charge is 0.387 e. The quantitative estimate of drug-likeness (QED) is 0.546. The number of fused-ring (bicyclic) bond motifs is 3. The molecule has 4 nitrogen and oxygen atoms in total. The van der Waals surface area contributed by atoms with Crippen LogP contribution in [0.15, 0.2) is 47.3 Å². The molecule has 0 aliphatic rings. The number of benzene rings is 2. The van der Waals surface area contributed by atoms with E-state index in [1.165, 1.54) is 33.9 Å². The third kappa shape index (κ3) is 2.85. The zero-order valence-electron chi connectivity index (χ0n) is 12.4. The van der Waals surface area contributed by atoms with Gasteiger partial charge in [-0.15, -0.1) is 0 Å². The van der Waals surface area contributed by atoms with E-state index in [1.54, 1.807) is 6.08 Å². The van der Waals surface area contributed by atoms with Crippen molar-refractivity contribution >= 4 is 45.0 Å². The van der Waals surface area contributed by atoms with Gasteiger partial charge in [-0.3, -0.25) is 4.79 Å². The molecule has 8 heteroatoms. The summed E-state index contributed by atoms with van der Waals surface area (Å²) in [5.74, 6) is -0.0233. The van der Waals surface area contributed by atoms with Gasteiger partial charge < -0.3 is 4.74 Å². The fourth-order valence-corrected chi connectivity index (χ4v) is 3.71. The first-order valence-corrected chi connectivity index (χ1v) is 8.38. The molecule has 4 rings (SSSR count). The number of ether oxygens (including phenoxy) is 1. The summed E-state index contributed by atoms with van der Waals surface area (Å²) < 4.78 is 31.0. The van der Waals surface area contributed by atoms with E-state index in [4.69, 9.17) is 11.6 Å². The van der Waals surface area contributed by atoms with Gasteiger partial charge in [0, 0.05) is 5.02 Å². The third-order valence-electron chi connectivity index (χ3n) is 3.62. The number of nitrogens with zero attached hydrogens (tertiary/aromatic N) is 2. The lowest BCUT2D eigenvalue weighted by Crippen LogP contribution is -2.22. The normalized spacial score (nSPS) is 12.6. The minimum Gasteiger partial charge on any atom is -0.435 e. The largest absolute Gasteiger partial charge is 0.435 e. The SMILES string of the molecule is O=c1/c(=C/c2cc(OC(F)F)ccc2Cl)sc2nc3ccccc3n12. The van der Waals surface area contributed by atoms with Crippen LogP contribution in [0.3, 0.4) is 0 Å². The molecule has 0 amide bonds. The van der Waals surface area contributed by atoms with Crippen molar-refractivity contribution in [3.8, 4) is 5.75 Å². The van der Waals surface area contributed by atoms with Crippen molar-refractivity contribution in [2.75, 3.05) is 0 Å². The number of alkyl halides is 2. The van der Waals surface area contributed by atoms with E-state index in [2.05, 4.69) is 9.72 Å². The Kier molecular flexibility index (Phi) is 3.89. The summed E-state index contributed by atoms with van der Waals surface area (Å²) in [7, 11) is 0. The second kappa shape index (κ2) is 6.09. The topological polar surface area (TPSA) is 43.6 Å². The molecule has 126 valence electrons. The average molecular weight is 379 g/mol. The number of hydrogen-bond donors (Lipinski definition) is 0. The zero-order valence-corrected chi connectivity index (χ0v) is 14.0. The maximum atomic E-state index is 12.7. The van der Waals surface area contributed by atoms with Gasteiger partial charge >= 0.3 is 6.61 Å². The van der Waals surface area contributed by atoms with E-state index < -0.39 is 6.61 Å². The molecule has 4 aromatic rings. The average Bonchev–Trinajstić information content (AvgIpc) is 3.07. The number of para-hydroxylation sites is 2. The Balaban J connectivity index is 1.90. The first-order chi connectivity index (χ1) is 12.0. The summed E-state index contributed by atoms with van der Waals surface area (Å²) in [6.45, 7) is -2.93. The lowest BCUT2D eigenvalue weighted by atomic mass is 10.2. The fraction of sp³-hybridized carbons (Fsp3) is 0.0588. The van der Waals surface area contributed by atoms with Crippen molar-refractivity contribution in [1.29, 1.82) is 0 Å². The third-order valence-corrected chi connectivity index (χ3v) is 4.94. The van der Waals surface area contributed by atoms with E-state index in [9.17, 15) is 13.6 Å². The minimum atomic E-state index is -2.93. The summed E-state index contributed by atoms with van der Waals surface area (Å²) in [6, 6.07) is 11.5. The summed E-state index contributed by atoms with van der Waals surface area (Å²) in [5, 5.41) is 0.330. The fourth-order valence-electron chi connectivity index (χ4n) is 2.56. The maximum absolute atomic E-state index is 12.7. The van der Waals surface area contributed by atoms with Crippen LogP contribution < -0.4 is 14.8 Å². The molecule has 0 saturated carbocycles. The van der Waals surface area contributed by atoms with E-state index in [0.29, 0.717) is 20.1 Å². The highest BCUT2D eigenvalue weighted by Crippen LogP contribution is 2.24. The van der Waals surface area contributed by atoms with Crippen LogP contribution in [-0.2, 0) is 0 Å². The summed E-state index contributed by atoms with van der Waals surface area (Å²) >= 11 is 7.32. The van der Waals surface area contributed by atoms with E-state index in [-0.39, 0.29) is 11.3 Å². The molecule has 0 spiro atoms. The van der Waals surface area contributed by atoms with E-state index >= 15 is 0 Å². The van der Waals surface area contributed by atoms with Crippen LogP contribution in [0.5, 0.6) is 5.75 Å². The van der Waals surface area contributed by atoms with Crippen LogP contribution in [0.4, 0.5) is 8.78 Å². The highest BCUT2D eigenvalue weighted by atomic mass is 35.5. The molecule has 25 heavy (non-hydrogen) atoms. The van der Waals surface area contributed by atoms with Crippen molar-refractivity contribution in [2.24, 2.45) is 0 Å². The number of rotatable bonds is 3. The first-order valence-electron chi connectivity index (χ1n) is 7.19. The monoisotopic (exact) mass is 378 g/mol. The maximum Gasteiger partial charge on any atom is 0.387 e. The summed E-state index contributed by atoms with van der Waals surface area (Å²) in [6.07, 6.45) is 1.55. The van der Waals surface area contributed by atoms with Crippen molar-refractivity contribution in [1.82, 2.24) is 9.38 Å². The van der Waals surface area contributed by atoms with Gasteiger partial charge in [-0.25, -0.2) is 9.38 Å². The van der Waals surface area contributed by atoms with Gasteiger partial charge in [-0.2, -0.15) is 8.78 Å². The Morgan fingerprint density at radius 2 is 2.04 bits per heavy atom. The molecule has 0 radical (unpaired) electrons. The number of thiazole rings is 1. The van der Waals surface area contributed by atoms with Gasteiger partial charge in [0.25, 0.3) is 5.56 Å². The molecule has 0 N–H and O–H groups in total. The van der Waals surface area contributed by atoms with Crippen LogP contribution in [0.25, 0.3) is 22.1 Å².